The molecule has 0 rings (SSSR count). The van der Waals surface area contributed by atoms with Crippen molar-refractivity contribution in [3.05, 3.63) is 0 Å². The predicted molar refractivity (Wildman–Crippen MR) is 81.4 cm³/mol. The normalized spacial score (nSPS) is 10.6. The highest BCUT2D eigenvalue weighted by molar-refractivity contribution is 5.79. The van der Waals surface area contributed by atoms with E-state index in [1.807, 2.05) is 6.92 Å². The lowest BCUT2D eigenvalue weighted by molar-refractivity contribution is -0.121. The Kier molecular flexibility index (Phi) is 13.3. The van der Waals surface area contributed by atoms with Crippen molar-refractivity contribution in [1.82, 2.24) is 0 Å². The third kappa shape index (κ3) is 13.6. The Bertz CT molecular complexity index is 233. The predicted octanol–water partition coefficient (Wildman–Crippen LogP) is 5.24. The third-order valence-electron chi connectivity index (χ3n) is 3.50. The van der Waals surface area contributed by atoms with Crippen LogP contribution in [0.1, 0.15) is 97.3 Å². The van der Waals surface area contributed by atoms with Crippen LogP contribution in [0.15, 0.2) is 0 Å². The summed E-state index contributed by atoms with van der Waals surface area (Å²) in [4.78, 5) is 22.9. The van der Waals surface area contributed by atoms with Crippen LogP contribution in [-0.2, 0) is 9.59 Å². The Hall–Kier alpha value is -0.660. The minimum Gasteiger partial charge on any atom is -0.300 e. The topological polar surface area (TPSA) is 34.1 Å². The monoisotopic (exact) mass is 268 g/mol. The van der Waals surface area contributed by atoms with Crippen molar-refractivity contribution in [3.63, 3.8) is 0 Å². The fourth-order valence-corrected chi connectivity index (χ4v) is 2.28. The molecule has 0 aromatic heterocycles. The number of Topliss-reactive ketones (excluding diaryl/α,β-unsaturated/α-hetero) is 2. The Balaban J connectivity index is 3.28. The molecule has 19 heavy (non-hydrogen) atoms. The highest BCUT2D eigenvalue weighted by Gasteiger charge is 2.04. The van der Waals surface area contributed by atoms with E-state index in [0.29, 0.717) is 30.8 Å². The van der Waals surface area contributed by atoms with E-state index < -0.39 is 0 Å². The van der Waals surface area contributed by atoms with Crippen LogP contribution < -0.4 is 0 Å². The maximum absolute atomic E-state index is 11.6. The average molecular weight is 268 g/mol. The van der Waals surface area contributed by atoms with E-state index in [1.165, 1.54) is 32.1 Å². The van der Waals surface area contributed by atoms with Gasteiger partial charge in [0.15, 0.2) is 0 Å². The summed E-state index contributed by atoms with van der Waals surface area (Å²) >= 11 is 0. The highest BCUT2D eigenvalue weighted by Crippen LogP contribution is 2.10. The van der Waals surface area contributed by atoms with E-state index in [2.05, 4.69) is 6.92 Å². The van der Waals surface area contributed by atoms with E-state index in [4.69, 9.17) is 0 Å². The van der Waals surface area contributed by atoms with Crippen LogP contribution in [0.4, 0.5) is 0 Å². The van der Waals surface area contributed by atoms with E-state index in [1.54, 1.807) is 0 Å². The van der Waals surface area contributed by atoms with Crippen LogP contribution in [0.2, 0.25) is 0 Å². The van der Waals surface area contributed by atoms with E-state index >= 15 is 0 Å². The first-order valence-corrected chi connectivity index (χ1v) is 8.24. The number of rotatable bonds is 14. The molecule has 0 radical (unpaired) electrons. The molecule has 0 bridgehead atoms. The van der Waals surface area contributed by atoms with E-state index in [0.717, 1.165) is 32.1 Å². The number of ketones is 2. The van der Waals surface area contributed by atoms with E-state index in [-0.39, 0.29) is 0 Å². The van der Waals surface area contributed by atoms with Crippen molar-refractivity contribution < 1.29 is 9.59 Å². The highest BCUT2D eigenvalue weighted by atomic mass is 16.1. The van der Waals surface area contributed by atoms with Crippen molar-refractivity contribution in [1.29, 1.82) is 0 Å². The standard InChI is InChI=1S/C17H32O2/c1-3-5-6-7-8-9-13-17(19)15-11-10-14-16(18)12-4-2/h3-15H2,1-2H3. The maximum Gasteiger partial charge on any atom is 0.132 e. The van der Waals surface area contributed by atoms with Gasteiger partial charge in [0, 0.05) is 25.7 Å². The SMILES string of the molecule is CCCCCCCCC(=O)CCCCC(=O)CCC. The second-order valence-electron chi connectivity index (χ2n) is 5.55. The smallest absolute Gasteiger partial charge is 0.132 e. The first-order valence-electron chi connectivity index (χ1n) is 8.24. The van der Waals surface area contributed by atoms with Crippen LogP contribution in [0.5, 0.6) is 0 Å². The molecule has 0 aromatic rings. The van der Waals surface area contributed by atoms with Gasteiger partial charge in [-0.15, -0.1) is 0 Å². The summed E-state index contributed by atoms with van der Waals surface area (Å²) in [6, 6.07) is 0. The molecule has 2 nitrogen and oxygen atoms in total. The van der Waals surface area contributed by atoms with Crippen molar-refractivity contribution in [2.24, 2.45) is 0 Å². The molecule has 112 valence electrons. The van der Waals surface area contributed by atoms with Crippen molar-refractivity contribution in [2.45, 2.75) is 97.3 Å². The molecule has 0 aliphatic rings. The molecule has 0 saturated carbocycles. The molecule has 0 aliphatic heterocycles. The molecule has 0 aromatic carbocycles. The summed E-state index contributed by atoms with van der Waals surface area (Å²) in [5, 5.41) is 0. The van der Waals surface area contributed by atoms with Crippen LogP contribution in [0, 0.1) is 0 Å². The van der Waals surface area contributed by atoms with Gasteiger partial charge < -0.3 is 0 Å². The molecule has 0 atom stereocenters. The second kappa shape index (κ2) is 13.8. The van der Waals surface area contributed by atoms with Gasteiger partial charge in [0.05, 0.1) is 0 Å². The van der Waals surface area contributed by atoms with Gasteiger partial charge in [-0.05, 0) is 25.7 Å². The van der Waals surface area contributed by atoms with Crippen LogP contribution in [0.25, 0.3) is 0 Å². The molecule has 0 aliphatic carbocycles. The Morgan fingerprint density at radius 2 is 0.947 bits per heavy atom. The fraction of sp³-hybridized carbons (Fsp3) is 0.882. The van der Waals surface area contributed by atoms with Crippen molar-refractivity contribution in [2.75, 3.05) is 0 Å². The number of carbonyl (C=O) groups is 2. The van der Waals surface area contributed by atoms with Gasteiger partial charge in [-0.3, -0.25) is 9.59 Å². The summed E-state index contributed by atoms with van der Waals surface area (Å²) < 4.78 is 0. The number of carbonyl (C=O) groups excluding carboxylic acids is 2. The molecule has 0 heterocycles. The lowest BCUT2D eigenvalue weighted by Gasteiger charge is -2.02. The summed E-state index contributed by atoms with van der Waals surface area (Å²) in [6.45, 7) is 4.25. The molecule has 0 fully saturated rings. The summed E-state index contributed by atoms with van der Waals surface area (Å²) in [5.74, 6) is 0.740. The lowest BCUT2D eigenvalue weighted by atomic mass is 10.0. The zero-order valence-corrected chi connectivity index (χ0v) is 13.0. The molecular weight excluding hydrogens is 236 g/mol. The lowest BCUT2D eigenvalue weighted by Crippen LogP contribution is -2.00. The van der Waals surface area contributed by atoms with Crippen LogP contribution >= 0.6 is 0 Å². The van der Waals surface area contributed by atoms with Gasteiger partial charge in [-0.1, -0.05) is 46.0 Å². The minimum absolute atomic E-state index is 0.353. The molecule has 0 amide bonds. The molecule has 0 saturated heterocycles. The van der Waals surface area contributed by atoms with Crippen LogP contribution in [0.3, 0.4) is 0 Å². The molecule has 2 heteroatoms. The largest absolute Gasteiger partial charge is 0.300 e. The summed E-state index contributed by atoms with van der Waals surface area (Å²) in [7, 11) is 0. The van der Waals surface area contributed by atoms with Crippen molar-refractivity contribution >= 4 is 11.6 Å². The maximum atomic E-state index is 11.6. The Morgan fingerprint density at radius 3 is 1.47 bits per heavy atom. The first kappa shape index (κ1) is 18.3. The Morgan fingerprint density at radius 1 is 0.526 bits per heavy atom. The third-order valence-corrected chi connectivity index (χ3v) is 3.50. The first-order chi connectivity index (χ1) is 9.20. The van der Waals surface area contributed by atoms with Gasteiger partial charge in [-0.25, -0.2) is 0 Å². The zero-order valence-electron chi connectivity index (χ0n) is 13.0. The average Bonchev–Trinajstić information content (AvgIpc) is 2.39. The van der Waals surface area contributed by atoms with Crippen molar-refractivity contribution in [3.8, 4) is 0 Å². The number of unbranched alkanes of at least 4 members (excludes halogenated alkanes) is 6. The Labute approximate surface area is 119 Å². The fourth-order valence-electron chi connectivity index (χ4n) is 2.28. The van der Waals surface area contributed by atoms with Gasteiger partial charge in [0.2, 0.25) is 0 Å². The summed E-state index contributed by atoms with van der Waals surface area (Å²) in [6.07, 6.45) is 12.9. The molecule has 0 N–H and O–H groups in total. The number of hydrogen-bond acceptors (Lipinski definition) is 2. The van der Waals surface area contributed by atoms with Gasteiger partial charge in [-0.2, -0.15) is 0 Å². The number of hydrogen-bond donors (Lipinski definition) is 0. The molecule has 0 unspecified atom stereocenters. The van der Waals surface area contributed by atoms with Gasteiger partial charge >= 0.3 is 0 Å². The molecule has 0 spiro atoms. The molecular formula is C17H32O2. The van der Waals surface area contributed by atoms with E-state index in [9.17, 15) is 9.59 Å². The van der Waals surface area contributed by atoms with Gasteiger partial charge in [0.1, 0.15) is 11.6 Å². The quantitative estimate of drug-likeness (QED) is 0.404. The minimum atomic E-state index is 0.353. The second-order valence-corrected chi connectivity index (χ2v) is 5.55. The van der Waals surface area contributed by atoms with Crippen LogP contribution in [-0.4, -0.2) is 11.6 Å². The zero-order chi connectivity index (χ0) is 14.3. The van der Waals surface area contributed by atoms with Gasteiger partial charge in [0.25, 0.3) is 0 Å². The summed E-state index contributed by atoms with van der Waals surface area (Å²) in [5.41, 5.74) is 0.